The molecule has 2 rings (SSSR count). The van der Waals surface area contributed by atoms with Gasteiger partial charge in [0, 0.05) is 6.07 Å². The monoisotopic (exact) mass is 277 g/mol. The molecule has 1 saturated heterocycles. The number of nitrogens with zero attached hydrogens (tertiary/aromatic N) is 1. The lowest BCUT2D eigenvalue weighted by Gasteiger charge is -2.34. The maximum atomic E-state index is 12.9. The summed E-state index contributed by atoms with van der Waals surface area (Å²) in [4.78, 5) is 15.1. The summed E-state index contributed by atoms with van der Waals surface area (Å²) in [5.74, 6) is 1.36. The predicted octanol–water partition coefficient (Wildman–Crippen LogP) is 2.76. The third-order valence-electron chi connectivity index (χ3n) is 4.11. The molecule has 0 N–H and O–H groups in total. The van der Waals surface area contributed by atoms with E-state index in [2.05, 4.69) is 4.90 Å². The van der Waals surface area contributed by atoms with E-state index >= 15 is 0 Å². The lowest BCUT2D eigenvalue weighted by Crippen LogP contribution is -2.48. The van der Waals surface area contributed by atoms with E-state index in [0.717, 1.165) is 25.9 Å². The zero-order valence-electron chi connectivity index (χ0n) is 12.7. The van der Waals surface area contributed by atoms with Crippen LogP contribution in [0, 0.1) is 0 Å². The molecule has 0 amide bonds. The fourth-order valence-corrected chi connectivity index (χ4v) is 2.74. The second kappa shape index (κ2) is 5.83. The second-order valence-electron chi connectivity index (χ2n) is 5.65. The van der Waals surface area contributed by atoms with Crippen LogP contribution in [0.15, 0.2) is 18.2 Å². The molecule has 0 aromatic heterocycles. The van der Waals surface area contributed by atoms with Gasteiger partial charge in [-0.25, -0.2) is 0 Å². The van der Waals surface area contributed by atoms with E-state index in [-0.39, 0.29) is 5.78 Å². The molecule has 0 saturated carbocycles. The maximum absolute atomic E-state index is 12.9. The predicted molar refractivity (Wildman–Crippen MR) is 78.8 cm³/mol. The Labute approximate surface area is 120 Å². The number of benzene rings is 1. The lowest BCUT2D eigenvalue weighted by atomic mass is 9.91. The first-order chi connectivity index (χ1) is 9.50. The Morgan fingerprint density at radius 1 is 1.15 bits per heavy atom. The fourth-order valence-electron chi connectivity index (χ4n) is 2.74. The molecule has 0 radical (unpaired) electrons. The van der Waals surface area contributed by atoms with Gasteiger partial charge in [-0.05, 0) is 51.9 Å². The van der Waals surface area contributed by atoms with Crippen molar-refractivity contribution in [3.05, 3.63) is 23.8 Å². The zero-order chi connectivity index (χ0) is 14.8. The minimum absolute atomic E-state index is 0.0962. The second-order valence-corrected chi connectivity index (χ2v) is 5.65. The van der Waals surface area contributed by atoms with Crippen LogP contribution in [0.2, 0.25) is 0 Å². The van der Waals surface area contributed by atoms with Crippen LogP contribution in [-0.4, -0.2) is 43.5 Å². The number of methoxy groups -OCH3 is 2. The summed E-state index contributed by atoms with van der Waals surface area (Å²) in [6.45, 7) is 5.95. The summed E-state index contributed by atoms with van der Waals surface area (Å²) in [7, 11) is 3.18. The minimum Gasteiger partial charge on any atom is -0.497 e. The number of Topliss-reactive ketones (excluding diaryl/α,β-unsaturated/α-hetero) is 1. The zero-order valence-corrected chi connectivity index (χ0v) is 12.7. The van der Waals surface area contributed by atoms with Gasteiger partial charge in [-0.15, -0.1) is 0 Å². The summed E-state index contributed by atoms with van der Waals surface area (Å²) >= 11 is 0. The molecule has 1 fully saturated rings. The van der Waals surface area contributed by atoms with Gasteiger partial charge in [0.15, 0.2) is 5.78 Å². The van der Waals surface area contributed by atoms with Gasteiger partial charge < -0.3 is 9.47 Å². The number of rotatable bonds is 5. The number of hydrogen-bond donors (Lipinski definition) is 0. The molecule has 1 aromatic carbocycles. The Bertz CT molecular complexity index is 490. The van der Waals surface area contributed by atoms with Crippen LogP contribution in [0.25, 0.3) is 0 Å². The highest BCUT2D eigenvalue weighted by Gasteiger charge is 2.37. The Hall–Kier alpha value is -1.55. The molecule has 20 heavy (non-hydrogen) atoms. The Balaban J connectivity index is 2.32. The molecule has 0 bridgehead atoms. The average molecular weight is 277 g/mol. The van der Waals surface area contributed by atoms with Crippen molar-refractivity contribution in [1.29, 1.82) is 0 Å². The summed E-state index contributed by atoms with van der Waals surface area (Å²) in [5.41, 5.74) is 0.114. The molecular weight excluding hydrogens is 254 g/mol. The summed E-state index contributed by atoms with van der Waals surface area (Å²) in [6.07, 6.45) is 2.33. The topological polar surface area (TPSA) is 38.8 Å². The molecule has 0 spiro atoms. The van der Waals surface area contributed by atoms with Crippen molar-refractivity contribution in [2.75, 3.05) is 27.3 Å². The molecule has 110 valence electrons. The van der Waals surface area contributed by atoms with Gasteiger partial charge in [0.25, 0.3) is 0 Å². The number of ketones is 1. The Morgan fingerprint density at radius 3 is 2.35 bits per heavy atom. The molecule has 0 atom stereocenters. The van der Waals surface area contributed by atoms with Crippen molar-refractivity contribution >= 4 is 5.78 Å². The SMILES string of the molecule is COc1ccc(C(=O)C(C)(C)N2CCCC2)c(OC)c1. The first-order valence-electron chi connectivity index (χ1n) is 7.02. The van der Waals surface area contributed by atoms with Crippen LogP contribution in [0.1, 0.15) is 37.0 Å². The fraction of sp³-hybridized carbons (Fsp3) is 0.562. The van der Waals surface area contributed by atoms with Crippen LogP contribution < -0.4 is 9.47 Å². The van der Waals surface area contributed by atoms with Crippen LogP contribution >= 0.6 is 0 Å². The third kappa shape index (κ3) is 2.66. The number of carbonyl (C=O) groups excluding carboxylic acids is 1. The van der Waals surface area contributed by atoms with E-state index in [4.69, 9.17) is 9.47 Å². The molecule has 1 aromatic rings. The molecule has 1 aliphatic rings. The molecule has 1 aliphatic heterocycles. The number of carbonyl (C=O) groups is 1. The van der Waals surface area contributed by atoms with E-state index in [0.29, 0.717) is 17.1 Å². The van der Waals surface area contributed by atoms with Crippen molar-refractivity contribution in [3.63, 3.8) is 0 Å². The van der Waals surface area contributed by atoms with Gasteiger partial charge in [0.1, 0.15) is 11.5 Å². The van der Waals surface area contributed by atoms with E-state index in [1.807, 2.05) is 13.8 Å². The summed E-state index contributed by atoms with van der Waals surface area (Å²) in [6, 6.07) is 5.35. The number of ether oxygens (including phenoxy) is 2. The standard InChI is InChI=1S/C16H23NO3/c1-16(2,17-9-5-6-10-17)15(18)13-8-7-12(19-3)11-14(13)20-4/h7-8,11H,5-6,9-10H2,1-4H3. The maximum Gasteiger partial charge on any atom is 0.186 e. The summed E-state index contributed by atoms with van der Waals surface area (Å²) in [5, 5.41) is 0. The molecular formula is C16H23NO3. The van der Waals surface area contributed by atoms with Gasteiger partial charge in [-0.3, -0.25) is 9.69 Å². The average Bonchev–Trinajstić information content (AvgIpc) is 3.00. The minimum atomic E-state index is -0.502. The van der Waals surface area contributed by atoms with Crippen LogP contribution in [0.4, 0.5) is 0 Å². The first kappa shape index (κ1) is 14.9. The highest BCUT2D eigenvalue weighted by molar-refractivity contribution is 6.05. The van der Waals surface area contributed by atoms with E-state index < -0.39 is 5.54 Å². The van der Waals surface area contributed by atoms with Gasteiger partial charge >= 0.3 is 0 Å². The molecule has 0 unspecified atom stereocenters. The van der Waals surface area contributed by atoms with Gasteiger partial charge in [0.05, 0.1) is 25.3 Å². The van der Waals surface area contributed by atoms with Crippen LogP contribution in [0.5, 0.6) is 11.5 Å². The Morgan fingerprint density at radius 2 is 1.80 bits per heavy atom. The number of hydrogen-bond acceptors (Lipinski definition) is 4. The highest BCUT2D eigenvalue weighted by Crippen LogP contribution is 2.31. The highest BCUT2D eigenvalue weighted by atomic mass is 16.5. The molecule has 0 aliphatic carbocycles. The third-order valence-corrected chi connectivity index (χ3v) is 4.11. The number of likely N-dealkylation sites (tertiary alicyclic amines) is 1. The smallest absolute Gasteiger partial charge is 0.186 e. The van der Waals surface area contributed by atoms with Crippen molar-refractivity contribution in [2.45, 2.75) is 32.2 Å². The van der Waals surface area contributed by atoms with Gasteiger partial charge in [-0.1, -0.05) is 0 Å². The normalized spacial score (nSPS) is 16.2. The van der Waals surface area contributed by atoms with Crippen molar-refractivity contribution < 1.29 is 14.3 Å². The first-order valence-corrected chi connectivity index (χ1v) is 7.02. The lowest BCUT2D eigenvalue weighted by molar-refractivity contribution is 0.0699. The van der Waals surface area contributed by atoms with Crippen molar-refractivity contribution in [1.82, 2.24) is 4.90 Å². The van der Waals surface area contributed by atoms with E-state index in [1.54, 1.807) is 32.4 Å². The quantitative estimate of drug-likeness (QED) is 0.776. The molecule has 1 heterocycles. The summed E-state index contributed by atoms with van der Waals surface area (Å²) < 4.78 is 10.5. The largest absolute Gasteiger partial charge is 0.497 e. The van der Waals surface area contributed by atoms with E-state index in [9.17, 15) is 4.79 Å². The van der Waals surface area contributed by atoms with E-state index in [1.165, 1.54) is 0 Å². The van der Waals surface area contributed by atoms with Gasteiger partial charge in [0.2, 0.25) is 0 Å². The van der Waals surface area contributed by atoms with Crippen LogP contribution in [-0.2, 0) is 0 Å². The molecule has 4 nitrogen and oxygen atoms in total. The van der Waals surface area contributed by atoms with Crippen LogP contribution in [0.3, 0.4) is 0 Å². The van der Waals surface area contributed by atoms with Crippen molar-refractivity contribution in [3.8, 4) is 11.5 Å². The van der Waals surface area contributed by atoms with Gasteiger partial charge in [-0.2, -0.15) is 0 Å². The molecule has 4 heteroatoms. The Kier molecular flexibility index (Phi) is 4.33. The van der Waals surface area contributed by atoms with Crippen molar-refractivity contribution in [2.24, 2.45) is 0 Å².